The molecule has 0 aromatic carbocycles. The Hall–Kier alpha value is -1.91. The third-order valence-electron chi connectivity index (χ3n) is 2.04. The van der Waals surface area contributed by atoms with E-state index in [1.165, 1.54) is 13.3 Å². The van der Waals surface area contributed by atoms with E-state index in [0.29, 0.717) is 5.56 Å². The maximum atomic E-state index is 11.7. The molecule has 0 saturated carbocycles. The van der Waals surface area contributed by atoms with Gasteiger partial charge in [-0.3, -0.25) is 9.78 Å². The average molecular weight is 222 g/mol. The van der Waals surface area contributed by atoms with Gasteiger partial charge in [0.25, 0.3) is 5.91 Å². The van der Waals surface area contributed by atoms with E-state index < -0.39 is 12.0 Å². The number of nitrogens with zero attached hydrogens (tertiary/aromatic N) is 1. The molecule has 1 N–H and O–H groups in total. The van der Waals surface area contributed by atoms with E-state index in [-0.39, 0.29) is 5.91 Å². The number of aromatic nitrogens is 1. The molecular weight excluding hydrogens is 208 g/mol. The van der Waals surface area contributed by atoms with Crippen molar-refractivity contribution in [2.45, 2.75) is 19.9 Å². The molecule has 0 aliphatic rings. The lowest BCUT2D eigenvalue weighted by molar-refractivity contribution is -0.142. The molecule has 0 aliphatic carbocycles. The van der Waals surface area contributed by atoms with E-state index in [2.05, 4.69) is 15.0 Å². The summed E-state index contributed by atoms with van der Waals surface area (Å²) in [6.07, 6.45) is 3.10. The van der Waals surface area contributed by atoms with Crippen molar-refractivity contribution in [1.29, 1.82) is 0 Å². The first kappa shape index (κ1) is 12.2. The molecule has 0 fully saturated rings. The quantitative estimate of drug-likeness (QED) is 0.764. The Morgan fingerprint density at radius 3 is 2.69 bits per heavy atom. The molecule has 1 unspecified atom stereocenters. The number of amides is 1. The van der Waals surface area contributed by atoms with Crippen molar-refractivity contribution < 1.29 is 14.3 Å². The molecule has 5 nitrogen and oxygen atoms in total. The number of nitrogens with one attached hydrogen (secondary N) is 1. The highest BCUT2D eigenvalue weighted by Gasteiger charge is 2.16. The monoisotopic (exact) mass is 222 g/mol. The second-order valence-corrected chi connectivity index (χ2v) is 3.47. The Bertz CT molecular complexity index is 404. The summed E-state index contributed by atoms with van der Waals surface area (Å²) in [5, 5.41) is 2.52. The fraction of sp³-hybridized carbons (Fsp3) is 0.364. The molecule has 0 aliphatic heterocycles. The van der Waals surface area contributed by atoms with Crippen LogP contribution in [0.25, 0.3) is 0 Å². The molecule has 86 valence electrons. The minimum Gasteiger partial charge on any atom is -0.467 e. The van der Waals surface area contributed by atoms with Gasteiger partial charge in [0.05, 0.1) is 12.7 Å². The third kappa shape index (κ3) is 3.05. The van der Waals surface area contributed by atoms with Crippen molar-refractivity contribution in [1.82, 2.24) is 10.3 Å². The lowest BCUT2D eigenvalue weighted by Gasteiger charge is -2.11. The number of carbonyl (C=O) groups is 2. The molecule has 0 radical (unpaired) electrons. The zero-order valence-corrected chi connectivity index (χ0v) is 9.48. The summed E-state index contributed by atoms with van der Waals surface area (Å²) in [5.74, 6) is -0.817. The van der Waals surface area contributed by atoms with Crippen molar-refractivity contribution in [2.75, 3.05) is 7.11 Å². The lowest BCUT2D eigenvalue weighted by atomic mass is 10.2. The summed E-state index contributed by atoms with van der Waals surface area (Å²) < 4.78 is 4.50. The standard InChI is InChI=1S/C11H14N2O3/c1-7-4-9(6-12-5-7)10(14)13-8(2)11(15)16-3/h4-6,8H,1-3H3,(H,13,14). The summed E-state index contributed by atoms with van der Waals surface area (Å²) in [6.45, 7) is 3.40. The molecule has 16 heavy (non-hydrogen) atoms. The Labute approximate surface area is 93.8 Å². The number of aryl methyl sites for hydroxylation is 1. The first-order chi connectivity index (χ1) is 7.54. The van der Waals surface area contributed by atoms with Crippen LogP contribution in [-0.2, 0) is 9.53 Å². The highest BCUT2D eigenvalue weighted by atomic mass is 16.5. The van der Waals surface area contributed by atoms with E-state index in [4.69, 9.17) is 0 Å². The van der Waals surface area contributed by atoms with Gasteiger partial charge in [0.15, 0.2) is 0 Å². The minimum atomic E-state index is -0.669. The number of rotatable bonds is 3. The van der Waals surface area contributed by atoms with E-state index >= 15 is 0 Å². The summed E-state index contributed by atoms with van der Waals surface area (Å²) >= 11 is 0. The molecule has 1 rings (SSSR count). The Balaban J connectivity index is 2.69. The number of methoxy groups -OCH3 is 1. The summed E-state index contributed by atoms with van der Waals surface area (Å²) in [7, 11) is 1.28. The first-order valence-electron chi connectivity index (χ1n) is 4.85. The van der Waals surface area contributed by atoms with Crippen LogP contribution in [0.4, 0.5) is 0 Å². The second kappa shape index (κ2) is 5.25. The van der Waals surface area contributed by atoms with Crippen LogP contribution < -0.4 is 5.32 Å². The molecule has 0 bridgehead atoms. The normalized spacial score (nSPS) is 11.7. The number of ether oxygens (including phenoxy) is 1. The van der Waals surface area contributed by atoms with Crippen molar-refractivity contribution in [2.24, 2.45) is 0 Å². The Morgan fingerprint density at radius 2 is 2.12 bits per heavy atom. The van der Waals surface area contributed by atoms with Gasteiger partial charge in [-0.2, -0.15) is 0 Å². The van der Waals surface area contributed by atoms with Crippen LogP contribution in [0.1, 0.15) is 22.8 Å². The van der Waals surface area contributed by atoms with E-state index in [9.17, 15) is 9.59 Å². The second-order valence-electron chi connectivity index (χ2n) is 3.47. The highest BCUT2D eigenvalue weighted by molar-refractivity contribution is 5.96. The molecule has 1 aromatic heterocycles. The van der Waals surface area contributed by atoms with Crippen LogP contribution in [0.3, 0.4) is 0 Å². The van der Waals surface area contributed by atoms with Crippen LogP contribution in [0.2, 0.25) is 0 Å². The number of esters is 1. The minimum absolute atomic E-state index is 0.339. The number of hydrogen-bond acceptors (Lipinski definition) is 4. The van der Waals surface area contributed by atoms with Crippen LogP contribution in [0.5, 0.6) is 0 Å². The zero-order valence-electron chi connectivity index (χ0n) is 9.48. The van der Waals surface area contributed by atoms with Gasteiger partial charge in [-0.25, -0.2) is 4.79 Å². The average Bonchev–Trinajstić information content (AvgIpc) is 2.27. The van der Waals surface area contributed by atoms with Gasteiger partial charge in [-0.15, -0.1) is 0 Å². The molecule has 1 aromatic rings. The van der Waals surface area contributed by atoms with E-state index in [1.54, 1.807) is 19.2 Å². The van der Waals surface area contributed by atoms with Crippen LogP contribution in [-0.4, -0.2) is 30.0 Å². The molecule has 1 heterocycles. The van der Waals surface area contributed by atoms with Gasteiger partial charge < -0.3 is 10.1 Å². The fourth-order valence-corrected chi connectivity index (χ4v) is 1.19. The van der Waals surface area contributed by atoms with Gasteiger partial charge in [-0.1, -0.05) is 0 Å². The van der Waals surface area contributed by atoms with Gasteiger partial charge in [0, 0.05) is 12.4 Å². The maximum absolute atomic E-state index is 11.7. The number of carbonyl (C=O) groups excluding carboxylic acids is 2. The van der Waals surface area contributed by atoms with Crippen LogP contribution in [0.15, 0.2) is 18.5 Å². The highest BCUT2D eigenvalue weighted by Crippen LogP contribution is 2.01. The topological polar surface area (TPSA) is 68.3 Å². The van der Waals surface area contributed by atoms with Gasteiger partial charge in [-0.05, 0) is 25.5 Å². The van der Waals surface area contributed by atoms with Crippen molar-refractivity contribution >= 4 is 11.9 Å². The number of pyridine rings is 1. The molecule has 5 heteroatoms. The van der Waals surface area contributed by atoms with Gasteiger partial charge >= 0.3 is 5.97 Å². The molecular formula is C11H14N2O3. The predicted molar refractivity (Wildman–Crippen MR) is 57.9 cm³/mol. The molecule has 0 spiro atoms. The van der Waals surface area contributed by atoms with Gasteiger partial charge in [0.2, 0.25) is 0 Å². The Morgan fingerprint density at radius 1 is 1.44 bits per heavy atom. The van der Waals surface area contributed by atoms with Crippen LogP contribution in [0, 0.1) is 6.92 Å². The fourth-order valence-electron chi connectivity index (χ4n) is 1.19. The zero-order chi connectivity index (χ0) is 12.1. The largest absolute Gasteiger partial charge is 0.467 e. The summed E-state index contributed by atoms with van der Waals surface area (Å²) in [6, 6.07) is 1.03. The Kier molecular flexibility index (Phi) is 3.99. The van der Waals surface area contributed by atoms with E-state index in [1.807, 2.05) is 6.92 Å². The number of hydrogen-bond donors (Lipinski definition) is 1. The molecule has 1 atom stereocenters. The predicted octanol–water partition coefficient (Wildman–Crippen LogP) is 0.681. The van der Waals surface area contributed by atoms with Crippen molar-refractivity contribution in [3.63, 3.8) is 0 Å². The van der Waals surface area contributed by atoms with Crippen molar-refractivity contribution in [3.05, 3.63) is 29.6 Å². The smallest absolute Gasteiger partial charge is 0.328 e. The van der Waals surface area contributed by atoms with Crippen LogP contribution >= 0.6 is 0 Å². The van der Waals surface area contributed by atoms with E-state index in [0.717, 1.165) is 5.56 Å². The molecule has 1 amide bonds. The SMILES string of the molecule is COC(=O)C(C)NC(=O)c1cncc(C)c1. The van der Waals surface area contributed by atoms with Gasteiger partial charge in [0.1, 0.15) is 6.04 Å². The first-order valence-corrected chi connectivity index (χ1v) is 4.85. The summed E-state index contributed by atoms with van der Waals surface area (Å²) in [5.41, 5.74) is 1.31. The summed E-state index contributed by atoms with van der Waals surface area (Å²) in [4.78, 5) is 26.7. The lowest BCUT2D eigenvalue weighted by Crippen LogP contribution is -2.39. The van der Waals surface area contributed by atoms with Crippen molar-refractivity contribution in [3.8, 4) is 0 Å². The molecule has 0 saturated heterocycles. The third-order valence-corrected chi connectivity index (χ3v) is 2.04. The maximum Gasteiger partial charge on any atom is 0.328 e.